The Morgan fingerprint density at radius 1 is 1.08 bits per heavy atom. The minimum atomic E-state index is -4.27. The summed E-state index contributed by atoms with van der Waals surface area (Å²) in [5, 5.41) is 22.3. The lowest BCUT2D eigenvalue weighted by Crippen LogP contribution is -2.42. The molecule has 0 radical (unpaired) electrons. The number of nitrogens with zero attached hydrogens (tertiary/aromatic N) is 2. The van der Waals surface area contributed by atoms with Gasteiger partial charge in [-0.3, -0.25) is 10.1 Å². The molecule has 11 heteroatoms. The SMILES string of the molecule is C=C[C@H]([C@@H](O)c1ccc(Br)cc1)N(Cc1ccc(OC)cc1OC)S(=O)(=O)c1ccc([N+](=O)[O-])cc1. The van der Waals surface area contributed by atoms with Crippen LogP contribution in [0.3, 0.4) is 0 Å². The number of hydrogen-bond donors (Lipinski definition) is 1. The first-order valence-corrected chi connectivity index (χ1v) is 12.9. The molecule has 0 heterocycles. The highest BCUT2D eigenvalue weighted by molar-refractivity contribution is 9.10. The molecule has 36 heavy (non-hydrogen) atoms. The molecule has 0 aromatic heterocycles. The largest absolute Gasteiger partial charge is 0.497 e. The van der Waals surface area contributed by atoms with E-state index < -0.39 is 27.1 Å². The fourth-order valence-electron chi connectivity index (χ4n) is 3.64. The number of sulfonamides is 1. The van der Waals surface area contributed by atoms with E-state index in [-0.39, 0.29) is 17.1 Å². The zero-order valence-corrected chi connectivity index (χ0v) is 22.0. The van der Waals surface area contributed by atoms with E-state index in [1.54, 1.807) is 42.5 Å². The van der Waals surface area contributed by atoms with Crippen LogP contribution < -0.4 is 9.47 Å². The van der Waals surface area contributed by atoms with Gasteiger partial charge in [-0.2, -0.15) is 4.31 Å². The monoisotopic (exact) mass is 576 g/mol. The summed E-state index contributed by atoms with van der Waals surface area (Å²) < 4.78 is 40.3. The number of rotatable bonds is 11. The molecule has 1 N–H and O–H groups in total. The highest BCUT2D eigenvalue weighted by Gasteiger charge is 2.35. The predicted octanol–water partition coefficient (Wildman–Crippen LogP) is 4.85. The number of ether oxygens (including phenoxy) is 2. The van der Waals surface area contributed by atoms with Gasteiger partial charge in [0.15, 0.2) is 0 Å². The number of methoxy groups -OCH3 is 2. The Morgan fingerprint density at radius 3 is 2.25 bits per heavy atom. The third-order valence-corrected chi connectivity index (χ3v) is 7.97. The molecular formula is C25H25BrN2O7S. The lowest BCUT2D eigenvalue weighted by molar-refractivity contribution is -0.384. The number of benzene rings is 3. The second-order valence-electron chi connectivity index (χ2n) is 7.70. The number of nitro groups is 1. The Hall–Kier alpha value is -3.25. The molecule has 3 aromatic carbocycles. The van der Waals surface area contributed by atoms with Crippen LogP contribution in [-0.4, -0.2) is 43.0 Å². The molecule has 0 saturated heterocycles. The molecule has 0 aliphatic heterocycles. The molecule has 0 spiro atoms. The zero-order valence-electron chi connectivity index (χ0n) is 19.6. The standard InChI is InChI=1S/C25H25BrN2O7S/c1-4-23(25(29)17-5-8-19(26)9-6-17)27(16-18-7-12-21(34-2)15-24(18)35-3)36(32,33)22-13-10-20(11-14-22)28(30)31/h4-15,23,25,29H,1,16H2,2-3H3/t23-,25+/m1/s1. The van der Waals surface area contributed by atoms with Gasteiger partial charge in [-0.05, 0) is 35.9 Å². The van der Waals surface area contributed by atoms with E-state index in [2.05, 4.69) is 22.5 Å². The fraction of sp³-hybridized carbons (Fsp3) is 0.200. The second-order valence-corrected chi connectivity index (χ2v) is 10.5. The van der Waals surface area contributed by atoms with E-state index in [4.69, 9.17) is 9.47 Å². The minimum absolute atomic E-state index is 0.171. The van der Waals surface area contributed by atoms with Crippen LogP contribution >= 0.6 is 15.9 Å². The molecule has 0 unspecified atom stereocenters. The third-order valence-electron chi connectivity index (χ3n) is 5.58. The van der Waals surface area contributed by atoms with E-state index in [1.807, 2.05) is 0 Å². The van der Waals surface area contributed by atoms with Gasteiger partial charge >= 0.3 is 0 Å². The van der Waals surface area contributed by atoms with Gasteiger partial charge < -0.3 is 14.6 Å². The molecule has 0 bridgehead atoms. The summed E-state index contributed by atoms with van der Waals surface area (Å²) in [5.74, 6) is 0.912. The third kappa shape index (κ3) is 5.93. The van der Waals surface area contributed by atoms with Crippen LogP contribution in [0.15, 0.2) is 88.8 Å². The number of aliphatic hydroxyl groups excluding tert-OH is 1. The van der Waals surface area contributed by atoms with Gasteiger partial charge in [0.1, 0.15) is 11.5 Å². The first-order chi connectivity index (χ1) is 17.1. The summed E-state index contributed by atoms with van der Waals surface area (Å²) in [5.41, 5.74) is 0.750. The smallest absolute Gasteiger partial charge is 0.269 e. The van der Waals surface area contributed by atoms with Crippen LogP contribution in [0.1, 0.15) is 17.2 Å². The number of non-ortho nitro benzene ring substituents is 1. The Bertz CT molecular complexity index is 1330. The van der Waals surface area contributed by atoms with E-state index in [0.29, 0.717) is 22.6 Å². The van der Waals surface area contributed by atoms with Crippen molar-refractivity contribution in [2.75, 3.05) is 14.2 Å². The van der Waals surface area contributed by atoms with Crippen molar-refractivity contribution in [3.05, 3.63) is 105 Å². The highest BCUT2D eigenvalue weighted by atomic mass is 79.9. The van der Waals surface area contributed by atoms with Gasteiger partial charge in [-0.15, -0.1) is 6.58 Å². The van der Waals surface area contributed by atoms with Gasteiger partial charge in [0.05, 0.1) is 36.2 Å². The maximum Gasteiger partial charge on any atom is 0.269 e. The summed E-state index contributed by atoms with van der Waals surface area (Å²) >= 11 is 3.35. The van der Waals surface area contributed by atoms with Crippen LogP contribution in [0.2, 0.25) is 0 Å². The quantitative estimate of drug-likeness (QED) is 0.197. The Balaban J connectivity index is 2.12. The number of halogens is 1. The van der Waals surface area contributed by atoms with Crippen molar-refractivity contribution < 1.29 is 27.9 Å². The maximum absolute atomic E-state index is 13.9. The Labute approximate surface area is 217 Å². The molecule has 3 rings (SSSR count). The van der Waals surface area contributed by atoms with Crippen LogP contribution in [0, 0.1) is 10.1 Å². The van der Waals surface area contributed by atoms with Crippen molar-refractivity contribution in [2.45, 2.75) is 23.6 Å². The van der Waals surface area contributed by atoms with Crippen LogP contribution in [0.4, 0.5) is 5.69 Å². The minimum Gasteiger partial charge on any atom is -0.497 e. The van der Waals surface area contributed by atoms with Crippen LogP contribution in [-0.2, 0) is 16.6 Å². The topological polar surface area (TPSA) is 119 Å². The van der Waals surface area contributed by atoms with Crippen LogP contribution in [0.25, 0.3) is 0 Å². The average Bonchev–Trinajstić information content (AvgIpc) is 2.88. The summed E-state index contributed by atoms with van der Waals surface area (Å²) in [6.07, 6.45) is 0.0960. The molecule has 190 valence electrons. The van der Waals surface area contributed by atoms with Crippen molar-refractivity contribution >= 4 is 31.6 Å². The van der Waals surface area contributed by atoms with Gasteiger partial charge in [0.2, 0.25) is 10.0 Å². The first kappa shape index (κ1) is 27.3. The Kier molecular flexibility index (Phi) is 8.85. The lowest BCUT2D eigenvalue weighted by atomic mass is 10.0. The highest BCUT2D eigenvalue weighted by Crippen LogP contribution is 2.33. The number of nitro benzene ring substituents is 1. The van der Waals surface area contributed by atoms with Gasteiger partial charge in [-0.25, -0.2) is 8.42 Å². The van der Waals surface area contributed by atoms with E-state index >= 15 is 0 Å². The molecule has 0 amide bonds. The van der Waals surface area contributed by atoms with Crippen molar-refractivity contribution in [1.82, 2.24) is 4.31 Å². The van der Waals surface area contributed by atoms with Gasteiger partial charge in [-0.1, -0.05) is 40.2 Å². The van der Waals surface area contributed by atoms with Crippen molar-refractivity contribution in [1.29, 1.82) is 0 Å². The number of hydrogen-bond acceptors (Lipinski definition) is 7. The maximum atomic E-state index is 13.9. The molecule has 0 saturated carbocycles. The van der Waals surface area contributed by atoms with Crippen LogP contribution in [0.5, 0.6) is 11.5 Å². The zero-order chi connectivity index (χ0) is 26.5. The predicted molar refractivity (Wildman–Crippen MR) is 138 cm³/mol. The fourth-order valence-corrected chi connectivity index (χ4v) is 5.48. The van der Waals surface area contributed by atoms with Crippen molar-refractivity contribution in [3.8, 4) is 11.5 Å². The van der Waals surface area contributed by atoms with Gasteiger partial charge in [0.25, 0.3) is 5.69 Å². The van der Waals surface area contributed by atoms with Gasteiger partial charge in [0, 0.05) is 34.8 Å². The Morgan fingerprint density at radius 2 is 1.72 bits per heavy atom. The first-order valence-electron chi connectivity index (χ1n) is 10.7. The molecule has 0 aliphatic rings. The van der Waals surface area contributed by atoms with Crippen molar-refractivity contribution in [2.24, 2.45) is 0 Å². The van der Waals surface area contributed by atoms with Crippen molar-refractivity contribution in [3.63, 3.8) is 0 Å². The summed E-state index contributed by atoms with van der Waals surface area (Å²) in [6.45, 7) is 3.60. The number of aliphatic hydroxyl groups is 1. The summed E-state index contributed by atoms with van der Waals surface area (Å²) in [7, 11) is -1.32. The molecule has 2 atom stereocenters. The summed E-state index contributed by atoms with van der Waals surface area (Å²) in [4.78, 5) is 10.3. The molecule has 0 aliphatic carbocycles. The normalized spacial score (nSPS) is 13.1. The van der Waals surface area contributed by atoms with E-state index in [9.17, 15) is 23.6 Å². The lowest BCUT2D eigenvalue weighted by Gasteiger charge is -2.32. The molecule has 0 fully saturated rings. The molecule has 3 aromatic rings. The summed E-state index contributed by atoms with van der Waals surface area (Å²) in [6, 6.07) is 15.3. The average molecular weight is 577 g/mol. The van der Waals surface area contributed by atoms with E-state index in [0.717, 1.165) is 33.0 Å². The second kappa shape index (κ2) is 11.7. The molecular weight excluding hydrogens is 552 g/mol. The van der Waals surface area contributed by atoms with E-state index in [1.165, 1.54) is 20.3 Å². The molecule has 9 nitrogen and oxygen atoms in total.